The molecule has 0 fully saturated rings. The van der Waals surface area contributed by atoms with Crippen LogP contribution in [0.3, 0.4) is 0 Å². The highest BCUT2D eigenvalue weighted by Gasteiger charge is 2.33. The first-order valence-electron chi connectivity index (χ1n) is 13.7. The molecule has 0 saturated heterocycles. The zero-order valence-corrected chi connectivity index (χ0v) is 25.9. The first-order valence-corrected chi connectivity index (χ1v) is 15.1. The predicted octanol–water partition coefficient (Wildman–Crippen LogP) is 6.65. The molecule has 2 rings (SSSR count). The number of ether oxygens (including phenoxy) is 2. The molecule has 8 nitrogen and oxygen atoms in total. The van der Waals surface area contributed by atoms with E-state index in [1.54, 1.807) is 44.7 Å². The van der Waals surface area contributed by atoms with Crippen molar-refractivity contribution < 1.29 is 31.7 Å². The summed E-state index contributed by atoms with van der Waals surface area (Å²) in [5, 5.41) is 0. The van der Waals surface area contributed by atoms with E-state index in [1.165, 1.54) is 12.1 Å². The molecule has 0 radical (unpaired) electrons. The Morgan fingerprint density at radius 3 is 1.98 bits per heavy atom. The van der Waals surface area contributed by atoms with Crippen molar-refractivity contribution in [1.29, 1.82) is 0 Å². The molecule has 0 aliphatic heterocycles. The maximum absolute atomic E-state index is 13.1. The van der Waals surface area contributed by atoms with Crippen LogP contribution in [0.5, 0.6) is 0 Å². The molecule has 2 atom stereocenters. The van der Waals surface area contributed by atoms with Gasteiger partial charge in [0.2, 0.25) is 0 Å². The summed E-state index contributed by atoms with van der Waals surface area (Å²) < 4.78 is 43.0. The molecule has 0 aliphatic rings. The van der Waals surface area contributed by atoms with Crippen molar-refractivity contribution in [2.24, 2.45) is 5.92 Å². The number of amides is 1. The van der Waals surface area contributed by atoms with Gasteiger partial charge >= 0.3 is 12.1 Å². The van der Waals surface area contributed by atoms with Crippen LogP contribution in [-0.2, 0) is 35.1 Å². The second-order valence-electron chi connectivity index (χ2n) is 12.1. The standard InChI is InChI=1S/C31H45NO7S/c1-23-17-19-26(20-18-23)40(35,36)39-27(24(2)28(33)37-30(3,4)5)16-12-13-21-32(29(34)38-31(6,7)8)22-25-14-10-9-11-15-25/h9-11,14-15,17-20,24,27H,12-13,16,21-22H2,1-8H3. The number of hydrogen-bond donors (Lipinski definition) is 0. The molecule has 2 aromatic carbocycles. The third kappa shape index (κ3) is 11.7. The van der Waals surface area contributed by atoms with Gasteiger partial charge in [0.25, 0.3) is 10.1 Å². The van der Waals surface area contributed by atoms with Gasteiger partial charge in [0.1, 0.15) is 11.2 Å². The molecule has 0 N–H and O–H groups in total. The number of nitrogens with zero attached hydrogens (tertiary/aromatic N) is 1. The molecule has 0 bridgehead atoms. The van der Waals surface area contributed by atoms with Crippen LogP contribution in [0.2, 0.25) is 0 Å². The van der Waals surface area contributed by atoms with Gasteiger partial charge in [-0.25, -0.2) is 4.79 Å². The lowest BCUT2D eigenvalue weighted by atomic mass is 9.99. The first-order chi connectivity index (χ1) is 18.5. The zero-order valence-electron chi connectivity index (χ0n) is 25.1. The van der Waals surface area contributed by atoms with Crippen molar-refractivity contribution >= 4 is 22.2 Å². The number of hydrogen-bond acceptors (Lipinski definition) is 7. The average Bonchev–Trinajstić information content (AvgIpc) is 2.83. The monoisotopic (exact) mass is 575 g/mol. The maximum atomic E-state index is 13.1. The Bertz CT molecular complexity index is 1200. The molecule has 2 unspecified atom stereocenters. The summed E-state index contributed by atoms with van der Waals surface area (Å²) in [6.45, 7) is 15.0. The van der Waals surface area contributed by atoms with Gasteiger partial charge in [-0.2, -0.15) is 8.42 Å². The molecule has 0 heterocycles. The highest BCUT2D eigenvalue weighted by Crippen LogP contribution is 2.25. The second kappa shape index (κ2) is 14.1. The van der Waals surface area contributed by atoms with Crippen molar-refractivity contribution in [1.82, 2.24) is 4.90 Å². The molecule has 40 heavy (non-hydrogen) atoms. The van der Waals surface area contributed by atoms with E-state index in [2.05, 4.69) is 0 Å². The van der Waals surface area contributed by atoms with Crippen LogP contribution in [-0.4, -0.2) is 49.2 Å². The average molecular weight is 576 g/mol. The van der Waals surface area contributed by atoms with E-state index < -0.39 is 45.4 Å². The van der Waals surface area contributed by atoms with E-state index in [4.69, 9.17) is 13.7 Å². The number of carbonyl (C=O) groups excluding carboxylic acids is 2. The zero-order chi connectivity index (χ0) is 30.1. The first kappa shape index (κ1) is 33.3. The van der Waals surface area contributed by atoms with Gasteiger partial charge in [-0.05, 0) is 92.3 Å². The number of esters is 1. The van der Waals surface area contributed by atoms with Gasteiger partial charge in [0, 0.05) is 13.1 Å². The van der Waals surface area contributed by atoms with E-state index >= 15 is 0 Å². The van der Waals surface area contributed by atoms with Crippen molar-refractivity contribution in [2.45, 2.75) is 103 Å². The van der Waals surface area contributed by atoms with Crippen LogP contribution >= 0.6 is 0 Å². The molecular weight excluding hydrogens is 530 g/mol. The van der Waals surface area contributed by atoms with Crippen LogP contribution in [0, 0.1) is 12.8 Å². The van der Waals surface area contributed by atoms with E-state index in [-0.39, 0.29) is 11.3 Å². The van der Waals surface area contributed by atoms with Gasteiger partial charge in [0.05, 0.1) is 16.9 Å². The smallest absolute Gasteiger partial charge is 0.410 e. The molecule has 0 aromatic heterocycles. The molecule has 222 valence electrons. The molecule has 1 amide bonds. The largest absolute Gasteiger partial charge is 0.460 e. The lowest BCUT2D eigenvalue weighted by Crippen LogP contribution is -2.37. The minimum absolute atomic E-state index is 0.0263. The quantitative estimate of drug-likeness (QED) is 0.159. The van der Waals surface area contributed by atoms with Crippen molar-refractivity contribution in [3.05, 3.63) is 65.7 Å². The number of unbranched alkanes of at least 4 members (excludes halogenated alkanes) is 1. The van der Waals surface area contributed by atoms with Crippen molar-refractivity contribution in [3.63, 3.8) is 0 Å². The summed E-state index contributed by atoms with van der Waals surface area (Å²) in [6, 6.07) is 16.0. The third-order valence-corrected chi connectivity index (χ3v) is 7.28. The predicted molar refractivity (Wildman–Crippen MR) is 155 cm³/mol. The van der Waals surface area contributed by atoms with Gasteiger partial charge in [-0.1, -0.05) is 48.0 Å². The fraction of sp³-hybridized carbons (Fsp3) is 0.548. The molecule has 0 aliphatic carbocycles. The van der Waals surface area contributed by atoms with Crippen molar-refractivity contribution in [2.75, 3.05) is 6.54 Å². The molecule has 0 spiro atoms. The van der Waals surface area contributed by atoms with Crippen LogP contribution in [0.1, 0.15) is 78.9 Å². The Kier molecular flexibility index (Phi) is 11.8. The normalized spacial score (nSPS) is 13.8. The van der Waals surface area contributed by atoms with Crippen LogP contribution in [0.4, 0.5) is 4.79 Å². The molecular formula is C31H45NO7S. The van der Waals surface area contributed by atoms with Crippen molar-refractivity contribution in [3.8, 4) is 0 Å². The highest BCUT2D eigenvalue weighted by atomic mass is 32.2. The van der Waals surface area contributed by atoms with E-state index in [1.807, 2.05) is 58.0 Å². The number of benzene rings is 2. The third-order valence-electron chi connectivity index (χ3n) is 5.93. The van der Waals surface area contributed by atoms with E-state index in [0.717, 1.165) is 11.1 Å². The van der Waals surface area contributed by atoms with E-state index in [0.29, 0.717) is 25.9 Å². The number of aryl methyl sites for hydroxylation is 1. The highest BCUT2D eigenvalue weighted by molar-refractivity contribution is 7.86. The lowest BCUT2D eigenvalue weighted by Gasteiger charge is -2.28. The molecule has 9 heteroatoms. The van der Waals surface area contributed by atoms with E-state index in [9.17, 15) is 18.0 Å². The summed E-state index contributed by atoms with van der Waals surface area (Å²) in [7, 11) is -4.12. The van der Waals surface area contributed by atoms with Gasteiger partial charge < -0.3 is 14.4 Å². The summed E-state index contributed by atoms with van der Waals surface area (Å²) in [5.74, 6) is -1.36. The Labute approximate surface area is 240 Å². The second-order valence-corrected chi connectivity index (χ2v) is 13.7. The van der Waals surface area contributed by atoms with Crippen LogP contribution in [0.25, 0.3) is 0 Å². The fourth-order valence-corrected chi connectivity index (χ4v) is 5.03. The number of rotatable bonds is 12. The minimum atomic E-state index is -4.12. The summed E-state index contributed by atoms with van der Waals surface area (Å²) in [6.07, 6.45) is -0.0234. The maximum Gasteiger partial charge on any atom is 0.410 e. The summed E-state index contributed by atoms with van der Waals surface area (Å²) >= 11 is 0. The minimum Gasteiger partial charge on any atom is -0.460 e. The lowest BCUT2D eigenvalue weighted by molar-refractivity contribution is -0.162. The SMILES string of the molecule is Cc1ccc(S(=O)(=O)OC(CCCCN(Cc2ccccc2)C(=O)OC(C)(C)C)C(C)C(=O)OC(C)(C)C)cc1. The van der Waals surface area contributed by atoms with Crippen LogP contribution in [0.15, 0.2) is 59.5 Å². The number of carbonyl (C=O) groups is 2. The Hall–Kier alpha value is -2.91. The van der Waals surface area contributed by atoms with Gasteiger partial charge in [-0.3, -0.25) is 8.98 Å². The van der Waals surface area contributed by atoms with Gasteiger partial charge in [0.15, 0.2) is 0 Å². The van der Waals surface area contributed by atoms with Crippen LogP contribution < -0.4 is 0 Å². The Balaban J connectivity index is 2.15. The fourth-order valence-electron chi connectivity index (χ4n) is 3.86. The Morgan fingerprint density at radius 1 is 0.850 bits per heavy atom. The van der Waals surface area contributed by atoms with Gasteiger partial charge in [-0.15, -0.1) is 0 Å². The molecule has 0 saturated carbocycles. The molecule has 2 aromatic rings. The topological polar surface area (TPSA) is 99.2 Å². The Morgan fingerprint density at radius 2 is 1.43 bits per heavy atom. The summed E-state index contributed by atoms with van der Waals surface area (Å²) in [4.78, 5) is 27.5. The summed E-state index contributed by atoms with van der Waals surface area (Å²) in [5.41, 5.74) is 0.523.